The number of nitrogens with zero attached hydrogens (tertiary/aromatic N) is 1. The first-order valence-electron chi connectivity index (χ1n) is 6.33. The molecule has 0 unspecified atom stereocenters. The third-order valence-corrected chi connectivity index (χ3v) is 3.91. The van der Waals surface area contributed by atoms with Gasteiger partial charge in [0.05, 0.1) is 0 Å². The Morgan fingerprint density at radius 1 is 1.44 bits per heavy atom. The van der Waals surface area contributed by atoms with Crippen molar-refractivity contribution in [3.63, 3.8) is 0 Å². The van der Waals surface area contributed by atoms with Crippen LogP contribution >= 0.6 is 0 Å². The van der Waals surface area contributed by atoms with Crippen LogP contribution in [-0.4, -0.2) is 18.1 Å². The van der Waals surface area contributed by atoms with Crippen LogP contribution in [0.2, 0.25) is 0 Å². The van der Waals surface area contributed by atoms with Gasteiger partial charge < -0.3 is 5.32 Å². The molecule has 0 aromatic carbocycles. The van der Waals surface area contributed by atoms with Crippen molar-refractivity contribution >= 4 is 0 Å². The summed E-state index contributed by atoms with van der Waals surface area (Å²) in [5.74, 6) is 0.818. The van der Waals surface area contributed by atoms with Crippen molar-refractivity contribution < 1.29 is 0 Å². The molecule has 0 aliphatic heterocycles. The van der Waals surface area contributed by atoms with Gasteiger partial charge in [-0.25, -0.2) is 0 Å². The Kier molecular flexibility index (Phi) is 3.59. The van der Waals surface area contributed by atoms with Crippen molar-refractivity contribution in [3.05, 3.63) is 30.1 Å². The van der Waals surface area contributed by atoms with Crippen molar-refractivity contribution in [2.75, 3.05) is 13.1 Å². The summed E-state index contributed by atoms with van der Waals surface area (Å²) in [7, 11) is 0. The Balaban J connectivity index is 1.66. The number of aromatic nitrogens is 1. The van der Waals surface area contributed by atoms with Crippen LogP contribution < -0.4 is 5.32 Å². The van der Waals surface area contributed by atoms with Gasteiger partial charge >= 0.3 is 0 Å². The lowest BCUT2D eigenvalue weighted by atomic mass is 9.92. The second-order valence-corrected chi connectivity index (χ2v) is 5.31. The summed E-state index contributed by atoms with van der Waals surface area (Å²) in [6.45, 7) is 6.94. The Morgan fingerprint density at radius 3 is 2.81 bits per heavy atom. The summed E-state index contributed by atoms with van der Waals surface area (Å²) >= 11 is 0. The summed E-state index contributed by atoms with van der Waals surface area (Å²) in [5.41, 5.74) is 1.94. The largest absolute Gasteiger partial charge is 0.316 e. The average Bonchev–Trinajstić information content (AvgIpc) is 3.07. The Labute approximate surface area is 98.5 Å². The smallest absolute Gasteiger partial charge is 0.0300 e. The van der Waals surface area contributed by atoms with Crippen LogP contribution in [0, 0.1) is 11.3 Å². The molecular formula is C14H22N2. The molecule has 0 amide bonds. The molecule has 88 valence electrons. The van der Waals surface area contributed by atoms with E-state index < -0.39 is 0 Å². The SMILES string of the molecule is CC(C)C1(CNCCc2cccnc2)CC1. The molecule has 0 bridgehead atoms. The van der Waals surface area contributed by atoms with Gasteiger partial charge in [-0.2, -0.15) is 0 Å². The minimum atomic E-state index is 0.620. The maximum atomic E-state index is 4.12. The molecule has 0 radical (unpaired) electrons. The number of rotatable bonds is 6. The molecule has 1 N–H and O–H groups in total. The minimum absolute atomic E-state index is 0.620. The van der Waals surface area contributed by atoms with Crippen LogP contribution in [0.25, 0.3) is 0 Å². The third-order valence-electron chi connectivity index (χ3n) is 3.91. The van der Waals surface area contributed by atoms with Crippen LogP contribution in [0.3, 0.4) is 0 Å². The van der Waals surface area contributed by atoms with E-state index in [1.165, 1.54) is 24.9 Å². The Hall–Kier alpha value is -0.890. The second kappa shape index (κ2) is 4.96. The molecule has 1 fully saturated rings. The van der Waals surface area contributed by atoms with Gasteiger partial charge in [-0.15, -0.1) is 0 Å². The standard InChI is InChI=1S/C14H22N2/c1-12(2)14(6-7-14)11-16-9-5-13-4-3-8-15-10-13/h3-4,8,10,12,16H,5-7,9,11H2,1-2H3. The van der Waals surface area contributed by atoms with E-state index in [4.69, 9.17) is 0 Å². The van der Waals surface area contributed by atoms with Crippen molar-refractivity contribution in [1.82, 2.24) is 10.3 Å². The fourth-order valence-corrected chi connectivity index (χ4v) is 2.23. The molecule has 1 aliphatic rings. The zero-order chi connectivity index (χ0) is 11.4. The normalized spacial score (nSPS) is 17.7. The number of hydrogen-bond donors (Lipinski definition) is 1. The topological polar surface area (TPSA) is 24.9 Å². The zero-order valence-corrected chi connectivity index (χ0v) is 10.4. The number of hydrogen-bond acceptors (Lipinski definition) is 2. The van der Waals surface area contributed by atoms with Gasteiger partial charge in [0.15, 0.2) is 0 Å². The predicted octanol–water partition coefficient (Wildman–Crippen LogP) is 2.65. The molecule has 1 saturated carbocycles. The molecule has 2 heteroatoms. The second-order valence-electron chi connectivity index (χ2n) is 5.31. The van der Waals surface area contributed by atoms with Crippen molar-refractivity contribution in [3.8, 4) is 0 Å². The van der Waals surface area contributed by atoms with Gasteiger partial charge in [0, 0.05) is 18.9 Å². The fraction of sp³-hybridized carbons (Fsp3) is 0.643. The van der Waals surface area contributed by atoms with Gasteiger partial charge in [0.1, 0.15) is 0 Å². The van der Waals surface area contributed by atoms with Crippen molar-refractivity contribution in [2.24, 2.45) is 11.3 Å². The molecule has 1 aromatic heterocycles. The maximum absolute atomic E-state index is 4.12. The first kappa shape index (κ1) is 11.6. The molecule has 2 nitrogen and oxygen atoms in total. The van der Waals surface area contributed by atoms with E-state index in [1.807, 2.05) is 18.5 Å². The van der Waals surface area contributed by atoms with E-state index in [2.05, 4.69) is 30.2 Å². The lowest BCUT2D eigenvalue weighted by Crippen LogP contribution is -2.29. The van der Waals surface area contributed by atoms with Gasteiger partial charge in [-0.3, -0.25) is 4.98 Å². The molecule has 0 atom stereocenters. The maximum Gasteiger partial charge on any atom is 0.0300 e. The quantitative estimate of drug-likeness (QED) is 0.743. The van der Waals surface area contributed by atoms with E-state index in [0.29, 0.717) is 5.41 Å². The first-order valence-corrected chi connectivity index (χ1v) is 6.33. The molecule has 1 aliphatic carbocycles. The lowest BCUT2D eigenvalue weighted by Gasteiger charge is -2.20. The van der Waals surface area contributed by atoms with E-state index in [-0.39, 0.29) is 0 Å². The van der Waals surface area contributed by atoms with E-state index >= 15 is 0 Å². The van der Waals surface area contributed by atoms with Crippen LogP contribution in [-0.2, 0) is 6.42 Å². The Morgan fingerprint density at radius 2 is 2.25 bits per heavy atom. The minimum Gasteiger partial charge on any atom is -0.316 e. The van der Waals surface area contributed by atoms with Crippen molar-refractivity contribution in [2.45, 2.75) is 33.1 Å². The third kappa shape index (κ3) is 2.82. The van der Waals surface area contributed by atoms with Gasteiger partial charge in [0.25, 0.3) is 0 Å². The molecule has 2 rings (SSSR count). The highest BCUT2D eigenvalue weighted by molar-refractivity contribution is 5.08. The zero-order valence-electron chi connectivity index (χ0n) is 10.4. The van der Waals surface area contributed by atoms with E-state index in [1.54, 1.807) is 0 Å². The van der Waals surface area contributed by atoms with Crippen LogP contribution in [0.15, 0.2) is 24.5 Å². The summed E-state index contributed by atoms with van der Waals surface area (Å²) in [5, 5.41) is 3.59. The van der Waals surface area contributed by atoms with Crippen molar-refractivity contribution in [1.29, 1.82) is 0 Å². The number of nitrogens with one attached hydrogen (secondary N) is 1. The Bertz CT molecular complexity index is 315. The highest BCUT2D eigenvalue weighted by Gasteiger charge is 2.44. The van der Waals surface area contributed by atoms with Crippen LogP contribution in [0.4, 0.5) is 0 Å². The van der Waals surface area contributed by atoms with Gasteiger partial charge in [-0.1, -0.05) is 19.9 Å². The molecule has 16 heavy (non-hydrogen) atoms. The highest BCUT2D eigenvalue weighted by Crippen LogP contribution is 2.51. The highest BCUT2D eigenvalue weighted by atomic mass is 14.9. The fourth-order valence-electron chi connectivity index (χ4n) is 2.23. The monoisotopic (exact) mass is 218 g/mol. The summed E-state index contributed by atoms with van der Waals surface area (Å²) in [6, 6.07) is 4.15. The van der Waals surface area contributed by atoms with E-state index in [9.17, 15) is 0 Å². The number of pyridine rings is 1. The van der Waals surface area contributed by atoms with Gasteiger partial charge in [0.2, 0.25) is 0 Å². The molecule has 1 aromatic rings. The molecular weight excluding hydrogens is 196 g/mol. The first-order chi connectivity index (χ1) is 7.73. The molecule has 0 spiro atoms. The lowest BCUT2D eigenvalue weighted by molar-refractivity contribution is 0.339. The van der Waals surface area contributed by atoms with Crippen LogP contribution in [0.5, 0.6) is 0 Å². The van der Waals surface area contributed by atoms with E-state index in [0.717, 1.165) is 18.9 Å². The van der Waals surface area contributed by atoms with Crippen LogP contribution in [0.1, 0.15) is 32.3 Å². The average molecular weight is 218 g/mol. The summed E-state index contributed by atoms with van der Waals surface area (Å²) < 4.78 is 0. The molecule has 0 saturated heterocycles. The predicted molar refractivity (Wildman–Crippen MR) is 67.3 cm³/mol. The molecule has 1 heterocycles. The summed E-state index contributed by atoms with van der Waals surface area (Å²) in [4.78, 5) is 4.12. The summed E-state index contributed by atoms with van der Waals surface area (Å²) in [6.07, 6.45) is 7.68. The van der Waals surface area contributed by atoms with Gasteiger partial charge in [-0.05, 0) is 48.8 Å².